The monoisotopic (exact) mass is 310 g/mol. The van der Waals surface area contributed by atoms with Crippen LogP contribution in [0.25, 0.3) is 0 Å². The first-order valence-electron chi connectivity index (χ1n) is 9.07. The summed E-state index contributed by atoms with van der Waals surface area (Å²) in [6.45, 7) is 7.83. The first-order chi connectivity index (χ1) is 10.8. The minimum absolute atomic E-state index is 0.0485. The van der Waals surface area contributed by atoms with Gasteiger partial charge in [-0.3, -0.25) is 4.68 Å². The van der Waals surface area contributed by atoms with E-state index in [2.05, 4.69) is 20.8 Å². The van der Waals surface area contributed by atoms with E-state index in [1.807, 2.05) is 10.9 Å². The molecular weight excluding hydrogens is 276 g/mol. The van der Waals surface area contributed by atoms with Gasteiger partial charge >= 0.3 is 0 Å². The molecule has 1 heterocycles. The normalized spacial score (nSPS) is 12.5. The molecule has 0 aliphatic heterocycles. The fraction of sp³-hybridized carbons (Fsp3) is 0.833. The fourth-order valence-electron chi connectivity index (χ4n) is 2.82. The molecule has 0 amide bonds. The Hall–Kier alpha value is -1.03. The lowest BCUT2D eigenvalue weighted by Gasteiger charge is -2.16. The molecule has 0 aromatic carbocycles. The van der Waals surface area contributed by atoms with Crippen molar-refractivity contribution in [1.82, 2.24) is 9.78 Å². The van der Waals surface area contributed by atoms with Gasteiger partial charge in [-0.1, -0.05) is 52.4 Å². The lowest BCUT2D eigenvalue weighted by molar-refractivity contribution is 0.199. The quantitative estimate of drug-likeness (QED) is 0.545. The standard InChI is InChI=1S/C18H34N2O2/c1-4-7-9-10-12-16(11-8-5-2)18-17(22-14-13-21)15-20(6-3)19-18/h15-16,21H,4-14H2,1-3H3. The number of ether oxygens (including phenoxy) is 1. The maximum Gasteiger partial charge on any atom is 0.160 e. The van der Waals surface area contributed by atoms with Gasteiger partial charge in [-0.15, -0.1) is 0 Å². The summed E-state index contributed by atoms with van der Waals surface area (Å²) in [6.07, 6.45) is 12.0. The Morgan fingerprint density at radius 3 is 2.45 bits per heavy atom. The van der Waals surface area contributed by atoms with Gasteiger partial charge in [0.25, 0.3) is 0 Å². The van der Waals surface area contributed by atoms with Gasteiger partial charge in [0.15, 0.2) is 5.75 Å². The van der Waals surface area contributed by atoms with Crippen molar-refractivity contribution in [2.75, 3.05) is 13.2 Å². The highest BCUT2D eigenvalue weighted by molar-refractivity contribution is 5.28. The zero-order valence-electron chi connectivity index (χ0n) is 14.7. The molecule has 0 bridgehead atoms. The summed E-state index contributed by atoms with van der Waals surface area (Å²) in [6, 6.07) is 0. The molecule has 0 radical (unpaired) electrons. The molecule has 0 aliphatic carbocycles. The SMILES string of the molecule is CCCCCCC(CCCC)c1nn(CC)cc1OCCO. The average Bonchev–Trinajstić information content (AvgIpc) is 2.95. The summed E-state index contributed by atoms with van der Waals surface area (Å²) in [5.74, 6) is 1.35. The number of aromatic nitrogens is 2. The number of aryl methyl sites for hydroxylation is 1. The van der Waals surface area contributed by atoms with Gasteiger partial charge in [0.2, 0.25) is 0 Å². The Bertz CT molecular complexity index is 390. The molecule has 0 spiro atoms. The van der Waals surface area contributed by atoms with Gasteiger partial charge in [-0.2, -0.15) is 5.10 Å². The van der Waals surface area contributed by atoms with E-state index in [-0.39, 0.29) is 6.61 Å². The van der Waals surface area contributed by atoms with Crippen molar-refractivity contribution < 1.29 is 9.84 Å². The largest absolute Gasteiger partial charge is 0.488 e. The highest BCUT2D eigenvalue weighted by atomic mass is 16.5. The van der Waals surface area contributed by atoms with E-state index in [1.54, 1.807) is 0 Å². The van der Waals surface area contributed by atoms with Crippen molar-refractivity contribution in [3.63, 3.8) is 0 Å². The second kappa shape index (κ2) is 11.5. The Labute approximate surface area is 135 Å². The minimum Gasteiger partial charge on any atom is -0.488 e. The summed E-state index contributed by atoms with van der Waals surface area (Å²) < 4.78 is 7.68. The summed E-state index contributed by atoms with van der Waals surface area (Å²) in [5, 5.41) is 13.8. The summed E-state index contributed by atoms with van der Waals surface area (Å²) in [5.41, 5.74) is 1.10. The van der Waals surface area contributed by atoms with Crippen molar-refractivity contribution >= 4 is 0 Å². The molecule has 0 fully saturated rings. The third-order valence-electron chi connectivity index (χ3n) is 4.13. The first kappa shape index (κ1) is 19.0. The number of hydrogen-bond acceptors (Lipinski definition) is 3. The maximum atomic E-state index is 9.01. The van der Waals surface area contributed by atoms with Crippen molar-refractivity contribution in [3.05, 3.63) is 11.9 Å². The third kappa shape index (κ3) is 6.39. The van der Waals surface area contributed by atoms with E-state index >= 15 is 0 Å². The number of rotatable bonds is 13. The maximum absolute atomic E-state index is 9.01. The molecule has 4 nitrogen and oxygen atoms in total. The predicted octanol–water partition coefficient (Wildman–Crippen LogP) is 4.52. The molecule has 0 aliphatic rings. The Kier molecular flexibility index (Phi) is 9.96. The van der Waals surface area contributed by atoms with E-state index in [4.69, 9.17) is 14.9 Å². The lowest BCUT2D eigenvalue weighted by atomic mass is 9.92. The highest BCUT2D eigenvalue weighted by Crippen LogP contribution is 2.33. The molecule has 1 rings (SSSR count). The van der Waals surface area contributed by atoms with Gasteiger partial charge in [-0.25, -0.2) is 0 Å². The molecule has 1 aromatic rings. The molecule has 1 unspecified atom stereocenters. The molecule has 1 N–H and O–H groups in total. The fourth-order valence-corrected chi connectivity index (χ4v) is 2.82. The van der Waals surface area contributed by atoms with E-state index in [0.717, 1.165) is 18.0 Å². The Balaban J connectivity index is 2.78. The van der Waals surface area contributed by atoms with Crippen LogP contribution in [0.5, 0.6) is 5.75 Å². The molecule has 0 saturated carbocycles. The third-order valence-corrected chi connectivity index (χ3v) is 4.13. The molecular formula is C18H34N2O2. The molecule has 22 heavy (non-hydrogen) atoms. The van der Waals surface area contributed by atoms with Crippen LogP contribution >= 0.6 is 0 Å². The van der Waals surface area contributed by atoms with Crippen LogP contribution in [0.1, 0.15) is 83.7 Å². The topological polar surface area (TPSA) is 47.3 Å². The number of aliphatic hydroxyl groups is 1. The second-order valence-corrected chi connectivity index (χ2v) is 5.99. The van der Waals surface area contributed by atoms with Gasteiger partial charge in [-0.05, 0) is 19.8 Å². The van der Waals surface area contributed by atoms with Gasteiger partial charge in [0, 0.05) is 12.5 Å². The molecule has 1 aromatic heterocycles. The van der Waals surface area contributed by atoms with Gasteiger partial charge in [0.1, 0.15) is 12.3 Å². The minimum atomic E-state index is 0.0485. The van der Waals surface area contributed by atoms with E-state index in [1.165, 1.54) is 51.4 Å². The van der Waals surface area contributed by atoms with E-state index in [9.17, 15) is 0 Å². The number of hydrogen-bond donors (Lipinski definition) is 1. The lowest BCUT2D eigenvalue weighted by Crippen LogP contribution is -2.07. The first-order valence-corrected chi connectivity index (χ1v) is 9.07. The highest BCUT2D eigenvalue weighted by Gasteiger charge is 2.20. The Morgan fingerprint density at radius 2 is 1.82 bits per heavy atom. The number of unbranched alkanes of at least 4 members (excludes halogenated alkanes) is 4. The van der Waals surface area contributed by atoms with Crippen molar-refractivity contribution in [1.29, 1.82) is 0 Å². The zero-order valence-corrected chi connectivity index (χ0v) is 14.7. The van der Waals surface area contributed by atoms with Crippen LogP contribution in [-0.4, -0.2) is 28.1 Å². The van der Waals surface area contributed by atoms with Gasteiger partial charge < -0.3 is 9.84 Å². The van der Waals surface area contributed by atoms with Crippen LogP contribution in [0.4, 0.5) is 0 Å². The van der Waals surface area contributed by atoms with Crippen LogP contribution in [0.3, 0.4) is 0 Å². The number of aliphatic hydroxyl groups excluding tert-OH is 1. The van der Waals surface area contributed by atoms with E-state index < -0.39 is 0 Å². The summed E-state index contributed by atoms with van der Waals surface area (Å²) in [7, 11) is 0. The zero-order chi connectivity index (χ0) is 16.2. The van der Waals surface area contributed by atoms with Crippen LogP contribution in [-0.2, 0) is 6.54 Å². The van der Waals surface area contributed by atoms with Crippen molar-refractivity contribution in [3.8, 4) is 5.75 Å². The summed E-state index contributed by atoms with van der Waals surface area (Å²) in [4.78, 5) is 0. The predicted molar refractivity (Wildman–Crippen MR) is 91.5 cm³/mol. The van der Waals surface area contributed by atoms with Crippen molar-refractivity contribution in [2.24, 2.45) is 0 Å². The van der Waals surface area contributed by atoms with Crippen LogP contribution in [0.2, 0.25) is 0 Å². The number of nitrogens with zero attached hydrogens (tertiary/aromatic N) is 2. The molecule has 128 valence electrons. The molecule has 1 atom stereocenters. The van der Waals surface area contributed by atoms with E-state index in [0.29, 0.717) is 12.5 Å². The van der Waals surface area contributed by atoms with Crippen LogP contribution in [0.15, 0.2) is 6.20 Å². The summed E-state index contributed by atoms with van der Waals surface area (Å²) >= 11 is 0. The molecule has 4 heteroatoms. The Morgan fingerprint density at radius 1 is 1.09 bits per heavy atom. The van der Waals surface area contributed by atoms with Crippen molar-refractivity contribution in [2.45, 2.75) is 84.6 Å². The molecule has 0 saturated heterocycles. The van der Waals surface area contributed by atoms with Gasteiger partial charge in [0.05, 0.1) is 12.8 Å². The average molecular weight is 310 g/mol. The van der Waals surface area contributed by atoms with Crippen LogP contribution < -0.4 is 4.74 Å². The van der Waals surface area contributed by atoms with Crippen LogP contribution in [0, 0.1) is 0 Å². The smallest absolute Gasteiger partial charge is 0.160 e. The second-order valence-electron chi connectivity index (χ2n) is 5.99.